The van der Waals surface area contributed by atoms with E-state index in [1.54, 1.807) is 14.7 Å². The molecule has 1 unspecified atom stereocenters. The van der Waals surface area contributed by atoms with Crippen LogP contribution in [0.5, 0.6) is 0 Å². The van der Waals surface area contributed by atoms with Crippen molar-refractivity contribution in [2.45, 2.75) is 310 Å². The summed E-state index contributed by atoms with van der Waals surface area (Å²) in [7, 11) is 0. The minimum absolute atomic E-state index is 0.249. The van der Waals surface area contributed by atoms with Crippen molar-refractivity contribution >= 4 is 133 Å². The van der Waals surface area contributed by atoms with E-state index in [1.165, 1.54) is 4.90 Å². The van der Waals surface area contributed by atoms with E-state index in [2.05, 4.69) is 176 Å². The lowest BCUT2D eigenvalue weighted by atomic mass is 9.69. The average Bonchev–Trinajstić information content (AvgIpc) is 1.58. The van der Waals surface area contributed by atoms with Gasteiger partial charge in [0.05, 0.1) is 5.41 Å². The maximum Gasteiger partial charge on any atom is 0.261 e. The van der Waals surface area contributed by atoms with Gasteiger partial charge in [-0.25, -0.2) is 0 Å². The molecule has 0 fully saturated rings. The second-order valence-electron chi connectivity index (χ2n) is 39.7. The van der Waals surface area contributed by atoms with E-state index in [0.717, 1.165) is 337 Å². The Morgan fingerprint density at radius 2 is 0.455 bits per heavy atom. The molecule has 14 aromatic carbocycles. The Kier molecular flexibility index (Phi) is 24.5. The topological polar surface area (TPSA) is 150 Å². The molecule has 6 aliphatic rings. The van der Waals surface area contributed by atoms with Crippen LogP contribution in [-0.4, -0.2) is 91.0 Å². The van der Waals surface area contributed by atoms with Gasteiger partial charge in [0.2, 0.25) is 0 Å². The molecule has 12 nitrogen and oxygen atoms in total. The summed E-state index contributed by atoms with van der Waals surface area (Å²) in [6, 6.07) is 58.3. The van der Waals surface area contributed by atoms with Crippen molar-refractivity contribution in [1.82, 2.24) is 19.6 Å². The highest BCUT2D eigenvalue weighted by Gasteiger charge is 2.53. The summed E-state index contributed by atoms with van der Waals surface area (Å²) in [5, 5.41) is 12.4. The van der Waals surface area contributed by atoms with E-state index in [0.29, 0.717) is 85.3 Å². The van der Waals surface area contributed by atoms with E-state index >= 15 is 38.4 Å². The molecular formula is C120H126N4O8. The van der Waals surface area contributed by atoms with Gasteiger partial charge in [-0.2, -0.15) is 0 Å². The first kappa shape index (κ1) is 88.2. The number of rotatable bonds is 41. The van der Waals surface area contributed by atoms with Gasteiger partial charge < -0.3 is 0 Å². The van der Waals surface area contributed by atoms with Crippen molar-refractivity contribution in [2.24, 2.45) is 0 Å². The summed E-state index contributed by atoms with van der Waals surface area (Å²) in [4.78, 5) is 134. The lowest BCUT2D eigenvalue weighted by Gasteiger charge is -2.36. The molecule has 4 aliphatic heterocycles. The number of hydrogen-bond donors (Lipinski definition) is 0. The zero-order valence-electron chi connectivity index (χ0n) is 78.8. The summed E-state index contributed by atoms with van der Waals surface area (Å²) in [6.45, 7) is 17.5. The standard InChI is InChI=1S/C120H126N4O8/c1-9-16-23-30-41-72(8)121-112(125)92-64-58-84-82-56-62-88-106-90(115(128)122(113(88)126)75(42-31-24-17-10-2)43-32-25-18-11-3)66-60-86(102(82)106)104-94(70-96(118(121)131)108(92)110(84)104)73-52-54-80-81-55-53-74(69-101(81)120(100(80)68-73)98-50-39-37-48-78(98)79-49-38-40-51-99(79)120)95-71-97-109-93(117(130)124(119(97)132)77(46-35-28-21-14-6)47-36-29-22-15-7)65-59-85-83-57-63-89-107-91(67-61-87(103(83)107)105(95)111(85)109)116(129)123(114(89)127)76(44-33-26-19-12-4)45-34-27-20-13-5/h37-40,48-72,75-77H,9-36,41-47H2,1-8H3. The maximum absolute atomic E-state index is 16.6. The Morgan fingerprint density at radius 3 is 0.773 bits per heavy atom. The van der Waals surface area contributed by atoms with E-state index < -0.39 is 5.41 Å². The number of amides is 8. The van der Waals surface area contributed by atoms with Crippen molar-refractivity contribution in [3.63, 3.8) is 0 Å². The quantitative estimate of drug-likeness (QED) is 0.0159. The summed E-state index contributed by atoms with van der Waals surface area (Å²) in [5.41, 5.74) is 14.7. The molecule has 12 heteroatoms. The van der Waals surface area contributed by atoms with Crippen molar-refractivity contribution in [3.8, 4) is 44.5 Å². The van der Waals surface area contributed by atoms with E-state index in [4.69, 9.17) is 0 Å². The van der Waals surface area contributed by atoms with Gasteiger partial charge in [-0.15, -0.1) is 0 Å². The van der Waals surface area contributed by atoms with Crippen LogP contribution >= 0.6 is 0 Å². The highest BCUT2D eigenvalue weighted by molar-refractivity contribution is 6.45. The van der Waals surface area contributed by atoms with Crippen molar-refractivity contribution in [3.05, 3.63) is 237 Å². The summed E-state index contributed by atoms with van der Waals surface area (Å²) < 4.78 is 0. The van der Waals surface area contributed by atoms with Gasteiger partial charge in [0.1, 0.15) is 0 Å². The van der Waals surface area contributed by atoms with Crippen LogP contribution in [0, 0.1) is 0 Å². The van der Waals surface area contributed by atoms with Gasteiger partial charge in [-0.3, -0.25) is 58.0 Å². The van der Waals surface area contributed by atoms with Crippen LogP contribution in [0.2, 0.25) is 0 Å². The van der Waals surface area contributed by atoms with Gasteiger partial charge in [0, 0.05) is 90.2 Å². The molecule has 2 aliphatic carbocycles. The minimum Gasteiger partial charge on any atom is -0.272 e. The Bertz CT molecular complexity index is 6900. The molecule has 14 aromatic rings. The zero-order valence-corrected chi connectivity index (χ0v) is 78.8. The van der Waals surface area contributed by atoms with E-state index in [9.17, 15) is 0 Å². The molecule has 8 amide bonds. The Morgan fingerprint density at radius 1 is 0.205 bits per heavy atom. The number of imide groups is 4. The summed E-state index contributed by atoms with van der Waals surface area (Å²) >= 11 is 0. The number of carbonyl (C=O) groups is 8. The predicted octanol–water partition coefficient (Wildman–Crippen LogP) is 31.1. The number of unbranched alkanes of at least 4 members (excludes halogenated alkanes) is 21. The molecule has 0 bridgehead atoms. The third kappa shape index (κ3) is 14.0. The van der Waals surface area contributed by atoms with Crippen molar-refractivity contribution in [1.29, 1.82) is 0 Å². The van der Waals surface area contributed by atoms with Crippen LogP contribution in [0.4, 0.5) is 0 Å². The number of fused-ring (bicyclic) bond motifs is 14. The Balaban J connectivity index is 0.814. The monoisotopic (exact) mass is 1750 g/mol. The fourth-order valence-electron chi connectivity index (χ4n) is 25.2. The van der Waals surface area contributed by atoms with Crippen LogP contribution < -0.4 is 0 Å². The summed E-state index contributed by atoms with van der Waals surface area (Å²) in [5.74, 6) is -2.25. The lowest BCUT2D eigenvalue weighted by molar-refractivity contribution is 0.0501. The molecule has 0 aromatic heterocycles. The molecule has 0 saturated heterocycles. The van der Waals surface area contributed by atoms with Crippen LogP contribution in [0.25, 0.3) is 131 Å². The van der Waals surface area contributed by atoms with Gasteiger partial charge in [-0.1, -0.05) is 337 Å². The second kappa shape index (κ2) is 36.7. The smallest absolute Gasteiger partial charge is 0.261 e. The van der Waals surface area contributed by atoms with Gasteiger partial charge in [-0.05, 0) is 244 Å². The van der Waals surface area contributed by atoms with E-state index in [-0.39, 0.29) is 71.4 Å². The fraction of sp³-hybridized carbons (Fsp3) is 0.400. The first-order chi connectivity index (χ1) is 64.6. The second-order valence-corrected chi connectivity index (χ2v) is 39.7. The van der Waals surface area contributed by atoms with Crippen LogP contribution in [0.1, 0.15) is 385 Å². The first-order valence-corrected chi connectivity index (χ1v) is 51.1. The first-order valence-electron chi connectivity index (χ1n) is 51.1. The van der Waals surface area contributed by atoms with Crippen LogP contribution in [-0.2, 0) is 5.41 Å². The third-order valence-corrected chi connectivity index (χ3v) is 31.7. The highest BCUT2D eigenvalue weighted by atomic mass is 16.2. The Hall–Kier alpha value is -11.8. The molecule has 0 N–H and O–H groups in total. The molecule has 1 spiro atoms. The fourth-order valence-corrected chi connectivity index (χ4v) is 25.2. The minimum atomic E-state index is -1.01. The van der Waals surface area contributed by atoms with Crippen LogP contribution in [0.15, 0.2) is 170 Å². The predicted molar refractivity (Wildman–Crippen MR) is 540 cm³/mol. The van der Waals surface area contributed by atoms with Gasteiger partial charge >= 0.3 is 0 Å². The SMILES string of the molecule is CCCCCCC(C)N1C(=O)c2ccc3c4ccc5c6c(ccc(c7c(-c8ccc9c(c8)C8(c%10ccccc%10-c%10ccccc%108)c8cc(-c%10cc%11c%12c(ccc%13c%14ccc%15c%16c(ccc(c%10c%12%13)c%16%14)C(=O)N(C(CCCCCC)CCCCCC)C%15=O)C(=O)N(C(CCCCCC)CCCCCC)C%11=O)ccc8-9)cc(c2c37)C1=O)c64)C(=O)N(C(CCCCCC)CCCCCC)C5=O. The van der Waals surface area contributed by atoms with Gasteiger partial charge in [0.15, 0.2) is 0 Å². The van der Waals surface area contributed by atoms with E-state index in [1.807, 2.05) is 49.4 Å². The third-order valence-electron chi connectivity index (χ3n) is 31.7. The molecule has 1 atom stereocenters. The molecule has 0 saturated carbocycles. The van der Waals surface area contributed by atoms with Gasteiger partial charge in [0.25, 0.3) is 47.3 Å². The molecule has 132 heavy (non-hydrogen) atoms. The van der Waals surface area contributed by atoms with Crippen molar-refractivity contribution in [2.75, 3.05) is 0 Å². The number of hydrogen-bond acceptors (Lipinski definition) is 8. The average molecular weight is 1750 g/mol. The highest BCUT2D eigenvalue weighted by Crippen LogP contribution is 2.65. The number of benzene rings is 14. The zero-order chi connectivity index (χ0) is 91.1. The molecule has 674 valence electrons. The molecule has 0 radical (unpaired) electrons. The van der Waals surface area contributed by atoms with Crippen molar-refractivity contribution < 1.29 is 38.4 Å². The molecular weight excluding hydrogens is 1630 g/mol. The molecule has 20 rings (SSSR count). The number of carbonyl (C=O) groups excluding carboxylic acids is 8. The maximum atomic E-state index is 16.6. The number of nitrogens with zero attached hydrogens (tertiary/aromatic N) is 4. The Labute approximate surface area is 777 Å². The lowest BCUT2D eigenvalue weighted by Crippen LogP contribution is -2.47. The van der Waals surface area contributed by atoms with Crippen LogP contribution in [0.3, 0.4) is 0 Å². The largest absolute Gasteiger partial charge is 0.272 e. The molecule has 4 heterocycles. The summed E-state index contributed by atoms with van der Waals surface area (Å²) in [6.07, 6.45) is 33.8. The normalized spacial score (nSPS) is 15.1.